The van der Waals surface area contributed by atoms with Crippen LogP contribution in [0.5, 0.6) is 11.5 Å². The summed E-state index contributed by atoms with van der Waals surface area (Å²) in [6.07, 6.45) is 6.97. The predicted molar refractivity (Wildman–Crippen MR) is 139 cm³/mol. The van der Waals surface area contributed by atoms with Crippen molar-refractivity contribution in [3.05, 3.63) is 71.5 Å². The smallest absolute Gasteiger partial charge is 0.251 e. The Balaban J connectivity index is 1.72. The molecule has 2 N–H and O–H groups in total. The molecule has 2 heterocycles. The third-order valence-electron chi connectivity index (χ3n) is 6.83. The van der Waals surface area contributed by atoms with Gasteiger partial charge in [-0.05, 0) is 75.5 Å². The number of piperidine rings is 1. The van der Waals surface area contributed by atoms with Crippen molar-refractivity contribution in [2.24, 2.45) is 5.73 Å². The zero-order chi connectivity index (χ0) is 23.9. The maximum atomic E-state index is 12.7. The molecule has 0 bridgehead atoms. The standard InChI is InChI=1S/C29H37N3O2/c1-3-4-16-26-28(23-12-11-15-25(21-23)34-24-13-7-5-8-14-24)27(29(30)33)22(2)32(26)20-19-31-17-9-6-10-18-31/h5,7-8,11-15,21H,3-4,6,9-10,16-20H2,1-2H3,(H2,30,33). The van der Waals surface area contributed by atoms with Crippen molar-refractivity contribution in [2.75, 3.05) is 19.6 Å². The first-order chi connectivity index (χ1) is 16.6. The lowest BCUT2D eigenvalue weighted by Gasteiger charge is -2.27. The van der Waals surface area contributed by atoms with Gasteiger partial charge in [-0.15, -0.1) is 0 Å². The molecule has 1 aliphatic heterocycles. The Labute approximate surface area is 203 Å². The van der Waals surface area contributed by atoms with Gasteiger partial charge in [-0.3, -0.25) is 4.79 Å². The van der Waals surface area contributed by atoms with E-state index in [2.05, 4.69) is 22.5 Å². The summed E-state index contributed by atoms with van der Waals surface area (Å²) >= 11 is 0. The number of aromatic nitrogens is 1. The highest BCUT2D eigenvalue weighted by Gasteiger charge is 2.25. The number of carbonyl (C=O) groups is 1. The van der Waals surface area contributed by atoms with Crippen LogP contribution in [0.1, 0.15) is 60.8 Å². The minimum atomic E-state index is -0.364. The highest BCUT2D eigenvalue weighted by Crippen LogP contribution is 2.36. The Morgan fingerprint density at radius 2 is 1.71 bits per heavy atom. The summed E-state index contributed by atoms with van der Waals surface area (Å²) in [6.45, 7) is 8.46. The lowest BCUT2D eigenvalue weighted by atomic mass is 9.97. The Kier molecular flexibility index (Phi) is 8.07. The lowest BCUT2D eigenvalue weighted by Crippen LogP contribution is -2.33. The number of rotatable bonds is 10. The van der Waals surface area contributed by atoms with E-state index in [1.54, 1.807) is 0 Å². The summed E-state index contributed by atoms with van der Waals surface area (Å²) in [6, 6.07) is 17.8. The van der Waals surface area contributed by atoms with Gasteiger partial charge in [0, 0.05) is 30.0 Å². The summed E-state index contributed by atoms with van der Waals surface area (Å²) in [5.74, 6) is 1.17. The zero-order valence-electron chi connectivity index (χ0n) is 20.6. The van der Waals surface area contributed by atoms with E-state index in [0.29, 0.717) is 5.56 Å². The van der Waals surface area contributed by atoms with Crippen molar-refractivity contribution in [3.8, 4) is 22.6 Å². The Hall–Kier alpha value is -3.05. The van der Waals surface area contributed by atoms with E-state index in [-0.39, 0.29) is 5.91 Å². The van der Waals surface area contributed by atoms with Gasteiger partial charge in [-0.2, -0.15) is 0 Å². The van der Waals surface area contributed by atoms with Gasteiger partial charge in [-0.1, -0.05) is 50.1 Å². The normalized spacial score (nSPS) is 14.3. The Morgan fingerprint density at radius 1 is 0.971 bits per heavy atom. The van der Waals surface area contributed by atoms with Gasteiger partial charge in [0.25, 0.3) is 5.91 Å². The van der Waals surface area contributed by atoms with Crippen LogP contribution in [0.2, 0.25) is 0 Å². The molecule has 0 radical (unpaired) electrons. The average Bonchev–Trinajstić information content (AvgIpc) is 3.14. The molecule has 0 saturated carbocycles. The molecule has 5 heteroatoms. The number of amides is 1. The SMILES string of the molecule is CCCCc1c(-c2cccc(Oc3ccccc3)c2)c(C(N)=O)c(C)n1CCN1CCCCC1. The third-order valence-corrected chi connectivity index (χ3v) is 6.83. The molecular formula is C29H37N3O2. The fourth-order valence-electron chi connectivity index (χ4n) is 5.08. The van der Waals surface area contributed by atoms with E-state index in [1.165, 1.54) is 38.0 Å². The molecule has 0 spiro atoms. The summed E-state index contributed by atoms with van der Waals surface area (Å²) in [5.41, 5.74) is 10.7. The molecule has 2 aromatic carbocycles. The first kappa shape index (κ1) is 24.1. The highest BCUT2D eigenvalue weighted by molar-refractivity contribution is 6.02. The van der Waals surface area contributed by atoms with E-state index < -0.39 is 0 Å². The van der Waals surface area contributed by atoms with Gasteiger partial charge < -0.3 is 19.9 Å². The van der Waals surface area contributed by atoms with Crippen molar-refractivity contribution in [1.29, 1.82) is 0 Å². The van der Waals surface area contributed by atoms with Crippen molar-refractivity contribution < 1.29 is 9.53 Å². The Bertz CT molecular complexity index is 1100. The summed E-state index contributed by atoms with van der Waals surface area (Å²) < 4.78 is 8.45. The summed E-state index contributed by atoms with van der Waals surface area (Å²) in [7, 11) is 0. The van der Waals surface area contributed by atoms with Crippen LogP contribution in [-0.2, 0) is 13.0 Å². The maximum absolute atomic E-state index is 12.7. The maximum Gasteiger partial charge on any atom is 0.251 e. The van der Waals surface area contributed by atoms with Crippen molar-refractivity contribution in [1.82, 2.24) is 9.47 Å². The molecular weight excluding hydrogens is 422 g/mol. The molecule has 1 amide bonds. The van der Waals surface area contributed by atoms with Gasteiger partial charge in [0.05, 0.1) is 5.56 Å². The second-order valence-corrected chi connectivity index (χ2v) is 9.25. The number of benzene rings is 2. The highest BCUT2D eigenvalue weighted by atomic mass is 16.5. The van der Waals surface area contributed by atoms with Crippen molar-refractivity contribution in [2.45, 2.75) is 58.9 Å². The van der Waals surface area contributed by atoms with Crippen LogP contribution in [-0.4, -0.2) is 35.0 Å². The van der Waals surface area contributed by atoms with Crippen LogP contribution in [0.15, 0.2) is 54.6 Å². The van der Waals surface area contributed by atoms with Crippen LogP contribution in [0.25, 0.3) is 11.1 Å². The van der Waals surface area contributed by atoms with E-state index in [4.69, 9.17) is 10.5 Å². The van der Waals surface area contributed by atoms with Crippen LogP contribution < -0.4 is 10.5 Å². The van der Waals surface area contributed by atoms with Crippen LogP contribution in [0, 0.1) is 6.92 Å². The number of unbranched alkanes of at least 4 members (excludes halogenated alkanes) is 1. The van der Waals surface area contributed by atoms with Gasteiger partial charge >= 0.3 is 0 Å². The second kappa shape index (κ2) is 11.4. The molecule has 180 valence electrons. The molecule has 1 aromatic heterocycles. The fourth-order valence-corrected chi connectivity index (χ4v) is 5.08. The molecule has 3 aromatic rings. The number of primary amides is 1. The molecule has 1 fully saturated rings. The molecule has 34 heavy (non-hydrogen) atoms. The quantitative estimate of drug-likeness (QED) is 0.394. The van der Waals surface area contributed by atoms with E-state index >= 15 is 0 Å². The molecule has 1 saturated heterocycles. The average molecular weight is 460 g/mol. The minimum Gasteiger partial charge on any atom is -0.457 e. The molecule has 5 nitrogen and oxygen atoms in total. The molecule has 4 rings (SSSR count). The monoisotopic (exact) mass is 459 g/mol. The van der Waals surface area contributed by atoms with Crippen LogP contribution >= 0.6 is 0 Å². The predicted octanol–water partition coefficient (Wildman–Crippen LogP) is 6.18. The molecule has 0 atom stereocenters. The molecule has 0 aliphatic carbocycles. The molecule has 1 aliphatic rings. The number of nitrogens with two attached hydrogens (primary N) is 1. The number of para-hydroxylation sites is 1. The summed E-state index contributed by atoms with van der Waals surface area (Å²) in [4.78, 5) is 15.3. The third kappa shape index (κ3) is 5.53. The van der Waals surface area contributed by atoms with E-state index in [9.17, 15) is 4.79 Å². The van der Waals surface area contributed by atoms with E-state index in [0.717, 1.165) is 60.7 Å². The van der Waals surface area contributed by atoms with E-state index in [1.807, 2.05) is 55.5 Å². The number of likely N-dealkylation sites (tertiary alicyclic amines) is 1. The fraction of sp³-hybridized carbons (Fsp3) is 0.414. The number of hydrogen-bond donors (Lipinski definition) is 1. The molecule has 0 unspecified atom stereocenters. The van der Waals surface area contributed by atoms with Gasteiger partial charge in [0.2, 0.25) is 0 Å². The number of ether oxygens (including phenoxy) is 1. The van der Waals surface area contributed by atoms with Crippen LogP contribution in [0.4, 0.5) is 0 Å². The summed E-state index contributed by atoms with van der Waals surface area (Å²) in [5, 5.41) is 0. The number of carbonyl (C=O) groups excluding carboxylic acids is 1. The topological polar surface area (TPSA) is 60.5 Å². The second-order valence-electron chi connectivity index (χ2n) is 9.25. The van der Waals surface area contributed by atoms with Crippen LogP contribution in [0.3, 0.4) is 0 Å². The minimum absolute atomic E-state index is 0.364. The van der Waals surface area contributed by atoms with Gasteiger partial charge in [0.15, 0.2) is 0 Å². The first-order valence-corrected chi connectivity index (χ1v) is 12.7. The van der Waals surface area contributed by atoms with Crippen molar-refractivity contribution >= 4 is 5.91 Å². The first-order valence-electron chi connectivity index (χ1n) is 12.7. The zero-order valence-corrected chi connectivity index (χ0v) is 20.6. The van der Waals surface area contributed by atoms with Gasteiger partial charge in [-0.25, -0.2) is 0 Å². The largest absolute Gasteiger partial charge is 0.457 e. The number of nitrogens with zero attached hydrogens (tertiary/aromatic N) is 2. The van der Waals surface area contributed by atoms with Crippen molar-refractivity contribution in [3.63, 3.8) is 0 Å². The Morgan fingerprint density at radius 3 is 2.41 bits per heavy atom. The lowest BCUT2D eigenvalue weighted by molar-refractivity contribution is 0.1000. The number of hydrogen-bond acceptors (Lipinski definition) is 3. The van der Waals surface area contributed by atoms with Gasteiger partial charge in [0.1, 0.15) is 11.5 Å².